The van der Waals surface area contributed by atoms with Gasteiger partial charge in [0.15, 0.2) is 0 Å². The van der Waals surface area contributed by atoms with Crippen LogP contribution in [0, 0.1) is 0 Å². The monoisotopic (exact) mass is 300 g/mol. The van der Waals surface area contributed by atoms with Gasteiger partial charge in [-0.15, -0.1) is 0 Å². The normalized spacial score (nSPS) is 17.7. The number of rotatable bonds is 4. The maximum absolute atomic E-state index is 12.6. The molecule has 0 saturated heterocycles. The lowest BCUT2D eigenvalue weighted by Crippen LogP contribution is -2.52. The lowest BCUT2D eigenvalue weighted by molar-refractivity contribution is -0.137. The summed E-state index contributed by atoms with van der Waals surface area (Å²) in [5, 5.41) is 2.90. The van der Waals surface area contributed by atoms with E-state index in [0.29, 0.717) is 12.1 Å². The van der Waals surface area contributed by atoms with Crippen LogP contribution in [0.2, 0.25) is 0 Å². The summed E-state index contributed by atoms with van der Waals surface area (Å²) in [6.07, 6.45) is -0.764. The molecule has 0 radical (unpaired) electrons. The number of benzene rings is 1. The summed E-state index contributed by atoms with van der Waals surface area (Å²) in [4.78, 5) is 12.0. The summed E-state index contributed by atoms with van der Waals surface area (Å²) in [6, 6.07) is 4.86. The Bertz CT molecular complexity index is 508. The second-order valence-corrected chi connectivity index (χ2v) is 5.61. The van der Waals surface area contributed by atoms with Crippen molar-refractivity contribution in [1.82, 2.24) is 5.32 Å². The third-order valence-electron chi connectivity index (χ3n) is 3.97. The number of nitrogens with one attached hydrogen (secondary N) is 1. The van der Waals surface area contributed by atoms with Crippen LogP contribution in [-0.2, 0) is 17.4 Å². The van der Waals surface area contributed by atoms with E-state index < -0.39 is 11.7 Å². The predicted molar refractivity (Wildman–Crippen MR) is 73.5 cm³/mol. The first-order valence-corrected chi connectivity index (χ1v) is 7.02. The van der Waals surface area contributed by atoms with Crippen LogP contribution < -0.4 is 11.1 Å². The van der Waals surface area contributed by atoms with Crippen molar-refractivity contribution in [3.05, 3.63) is 35.4 Å². The smallest absolute Gasteiger partial charge is 0.349 e. The van der Waals surface area contributed by atoms with Crippen LogP contribution >= 0.6 is 0 Å². The quantitative estimate of drug-likeness (QED) is 0.898. The molecule has 1 aromatic carbocycles. The Morgan fingerprint density at radius 1 is 1.29 bits per heavy atom. The van der Waals surface area contributed by atoms with E-state index in [2.05, 4.69) is 5.32 Å². The zero-order chi connectivity index (χ0) is 15.5. The van der Waals surface area contributed by atoms with Gasteiger partial charge in [-0.05, 0) is 24.5 Å². The molecule has 3 nitrogen and oxygen atoms in total. The van der Waals surface area contributed by atoms with Gasteiger partial charge in [0.05, 0.1) is 17.5 Å². The minimum atomic E-state index is -4.39. The zero-order valence-electron chi connectivity index (χ0n) is 11.7. The number of alkyl halides is 3. The topological polar surface area (TPSA) is 55.1 Å². The molecule has 1 fully saturated rings. The maximum atomic E-state index is 12.6. The molecule has 1 amide bonds. The first-order valence-electron chi connectivity index (χ1n) is 7.02. The lowest BCUT2D eigenvalue weighted by Gasteiger charge is -2.28. The SMILES string of the molecule is NCC1(NC(=O)Cc2cccc(C(F)(F)F)c2)CCCC1. The maximum Gasteiger partial charge on any atom is 0.416 e. The van der Waals surface area contributed by atoms with Gasteiger partial charge in [0.25, 0.3) is 0 Å². The van der Waals surface area contributed by atoms with Crippen molar-refractivity contribution in [1.29, 1.82) is 0 Å². The minimum Gasteiger partial charge on any atom is -0.349 e. The molecule has 1 aromatic rings. The average molecular weight is 300 g/mol. The van der Waals surface area contributed by atoms with Crippen molar-refractivity contribution < 1.29 is 18.0 Å². The molecule has 0 bridgehead atoms. The Balaban J connectivity index is 2.03. The summed E-state index contributed by atoms with van der Waals surface area (Å²) in [5.74, 6) is -0.276. The van der Waals surface area contributed by atoms with E-state index in [1.165, 1.54) is 12.1 Å². The van der Waals surface area contributed by atoms with Gasteiger partial charge < -0.3 is 11.1 Å². The Labute approximate surface area is 121 Å². The van der Waals surface area contributed by atoms with Gasteiger partial charge in [-0.25, -0.2) is 0 Å². The molecular weight excluding hydrogens is 281 g/mol. The molecule has 1 saturated carbocycles. The Kier molecular flexibility index (Phi) is 4.56. The van der Waals surface area contributed by atoms with Gasteiger partial charge in [-0.3, -0.25) is 4.79 Å². The molecule has 1 aliphatic rings. The van der Waals surface area contributed by atoms with Crippen LogP contribution in [0.3, 0.4) is 0 Å². The van der Waals surface area contributed by atoms with E-state index in [1.807, 2.05) is 0 Å². The molecule has 0 atom stereocenters. The third kappa shape index (κ3) is 3.97. The Hall–Kier alpha value is -1.56. The van der Waals surface area contributed by atoms with Crippen LogP contribution in [0.15, 0.2) is 24.3 Å². The van der Waals surface area contributed by atoms with Crippen LogP contribution in [0.4, 0.5) is 13.2 Å². The van der Waals surface area contributed by atoms with Gasteiger partial charge in [-0.1, -0.05) is 31.0 Å². The van der Waals surface area contributed by atoms with Crippen molar-refractivity contribution in [2.24, 2.45) is 5.73 Å². The predicted octanol–water partition coefficient (Wildman–Crippen LogP) is 2.64. The van der Waals surface area contributed by atoms with Crippen LogP contribution in [-0.4, -0.2) is 18.0 Å². The van der Waals surface area contributed by atoms with Crippen LogP contribution in [0.5, 0.6) is 0 Å². The highest BCUT2D eigenvalue weighted by Crippen LogP contribution is 2.30. The fourth-order valence-electron chi connectivity index (χ4n) is 2.81. The highest BCUT2D eigenvalue weighted by atomic mass is 19.4. The zero-order valence-corrected chi connectivity index (χ0v) is 11.7. The van der Waals surface area contributed by atoms with E-state index in [1.54, 1.807) is 0 Å². The molecule has 3 N–H and O–H groups in total. The van der Waals surface area contributed by atoms with Crippen LogP contribution in [0.25, 0.3) is 0 Å². The molecule has 2 rings (SSSR count). The van der Waals surface area contributed by atoms with Crippen molar-refractivity contribution in [3.63, 3.8) is 0 Å². The lowest BCUT2D eigenvalue weighted by atomic mass is 9.97. The third-order valence-corrected chi connectivity index (χ3v) is 3.97. The molecule has 6 heteroatoms. The average Bonchev–Trinajstić information content (AvgIpc) is 2.87. The minimum absolute atomic E-state index is 0.0638. The van der Waals surface area contributed by atoms with Gasteiger partial charge in [-0.2, -0.15) is 13.2 Å². The van der Waals surface area contributed by atoms with E-state index in [4.69, 9.17) is 5.73 Å². The Morgan fingerprint density at radius 3 is 2.52 bits per heavy atom. The first kappa shape index (κ1) is 15.8. The van der Waals surface area contributed by atoms with E-state index in [-0.39, 0.29) is 17.9 Å². The Morgan fingerprint density at radius 2 is 1.95 bits per heavy atom. The molecular formula is C15H19F3N2O. The summed E-state index contributed by atoms with van der Waals surface area (Å²) < 4.78 is 37.9. The number of hydrogen-bond donors (Lipinski definition) is 2. The van der Waals surface area contributed by atoms with E-state index in [9.17, 15) is 18.0 Å². The van der Waals surface area contributed by atoms with Gasteiger partial charge >= 0.3 is 6.18 Å². The first-order chi connectivity index (χ1) is 9.85. The van der Waals surface area contributed by atoms with Gasteiger partial charge in [0, 0.05) is 6.54 Å². The van der Waals surface area contributed by atoms with Crippen molar-refractivity contribution in [2.45, 2.75) is 43.8 Å². The van der Waals surface area contributed by atoms with E-state index >= 15 is 0 Å². The van der Waals surface area contributed by atoms with Crippen molar-refractivity contribution >= 4 is 5.91 Å². The number of amides is 1. The molecule has 0 unspecified atom stereocenters. The molecule has 0 aromatic heterocycles. The fraction of sp³-hybridized carbons (Fsp3) is 0.533. The van der Waals surface area contributed by atoms with Gasteiger partial charge in [0.2, 0.25) is 5.91 Å². The summed E-state index contributed by atoms with van der Waals surface area (Å²) in [5.41, 5.74) is 4.97. The molecule has 0 heterocycles. The number of halogens is 3. The largest absolute Gasteiger partial charge is 0.416 e. The van der Waals surface area contributed by atoms with Gasteiger partial charge in [0.1, 0.15) is 0 Å². The van der Waals surface area contributed by atoms with E-state index in [0.717, 1.165) is 37.8 Å². The summed E-state index contributed by atoms with van der Waals surface area (Å²) >= 11 is 0. The number of carbonyl (C=O) groups excluding carboxylic acids is 1. The second-order valence-electron chi connectivity index (χ2n) is 5.61. The number of carbonyl (C=O) groups is 1. The standard InChI is InChI=1S/C15H19F3N2O/c16-15(17,18)12-5-3-4-11(8-12)9-13(21)20-14(10-19)6-1-2-7-14/h3-5,8H,1-2,6-7,9-10,19H2,(H,20,21). The van der Waals surface area contributed by atoms with Crippen LogP contribution in [0.1, 0.15) is 36.8 Å². The molecule has 21 heavy (non-hydrogen) atoms. The summed E-state index contributed by atoms with van der Waals surface area (Å²) in [7, 11) is 0. The molecule has 116 valence electrons. The highest BCUT2D eigenvalue weighted by Gasteiger charge is 2.34. The molecule has 1 aliphatic carbocycles. The number of nitrogens with two attached hydrogens (primary N) is 1. The highest BCUT2D eigenvalue weighted by molar-refractivity contribution is 5.79. The summed E-state index contributed by atoms with van der Waals surface area (Å²) in [6.45, 7) is 0.362. The van der Waals surface area contributed by atoms with Crippen molar-refractivity contribution in [3.8, 4) is 0 Å². The number of hydrogen-bond acceptors (Lipinski definition) is 2. The molecule has 0 spiro atoms. The second kappa shape index (κ2) is 6.05. The van der Waals surface area contributed by atoms with Crippen molar-refractivity contribution in [2.75, 3.05) is 6.54 Å². The molecule has 0 aliphatic heterocycles. The fourth-order valence-corrected chi connectivity index (χ4v) is 2.81.